The summed E-state index contributed by atoms with van der Waals surface area (Å²) < 4.78 is 16.4. The minimum atomic E-state index is -1.48. The van der Waals surface area contributed by atoms with E-state index in [4.69, 9.17) is 38.6 Å². The molecule has 2 aliphatic rings. The van der Waals surface area contributed by atoms with E-state index in [0.29, 0.717) is 3.57 Å². The predicted octanol–water partition coefficient (Wildman–Crippen LogP) is 0.304. The van der Waals surface area contributed by atoms with Crippen molar-refractivity contribution >= 4 is 86.8 Å². The summed E-state index contributed by atoms with van der Waals surface area (Å²) in [6.07, 6.45) is 0. The normalized spacial score (nSPS) is 20.9. The Labute approximate surface area is 236 Å². The van der Waals surface area contributed by atoms with E-state index in [1.807, 2.05) is 22.6 Å². The molecule has 4 amide bonds. The van der Waals surface area contributed by atoms with Gasteiger partial charge in [0.1, 0.15) is 11.8 Å². The molecule has 198 valence electrons. The van der Waals surface area contributed by atoms with Gasteiger partial charge in [0.25, 0.3) is 0 Å². The van der Waals surface area contributed by atoms with E-state index in [0.717, 1.165) is 9.80 Å². The summed E-state index contributed by atoms with van der Waals surface area (Å²) in [5.41, 5.74) is 0.272. The molecule has 1 aromatic carbocycles. The third-order valence-electron chi connectivity index (χ3n) is 5.82. The molecular formula is C22H23IN4O8S2. The molecule has 1 aromatic rings. The molecule has 1 unspecified atom stereocenters. The number of amides is 4. The Morgan fingerprint density at radius 1 is 1.03 bits per heavy atom. The van der Waals surface area contributed by atoms with Crippen LogP contribution in [0.4, 0.5) is 0 Å². The standard InChI is InChI=1S/C22H23IN4O8S2/c1-5-34-12(28)8-35-16-10(23)6-9(7-11(16)33-4)13(14-17(29)24-21(36)26(2)19(14)31)15-18(30)25-22(37)27(3)20(15)32/h6-7,13-15H,5,8H2,1-4H3,(H,24,29,36)(H,25,30,37)/t13?,14-,15+. The van der Waals surface area contributed by atoms with Crippen LogP contribution in [0.5, 0.6) is 11.5 Å². The average molecular weight is 662 g/mol. The second-order valence-electron chi connectivity index (χ2n) is 7.99. The minimum Gasteiger partial charge on any atom is -0.493 e. The van der Waals surface area contributed by atoms with E-state index < -0.39 is 47.4 Å². The van der Waals surface area contributed by atoms with E-state index in [1.165, 1.54) is 27.3 Å². The molecular weight excluding hydrogens is 639 g/mol. The van der Waals surface area contributed by atoms with Crippen LogP contribution >= 0.6 is 47.0 Å². The average Bonchev–Trinajstić information content (AvgIpc) is 2.84. The molecule has 2 fully saturated rings. The van der Waals surface area contributed by atoms with Crippen LogP contribution in [0.15, 0.2) is 12.1 Å². The minimum absolute atomic E-state index is 0.0995. The van der Waals surface area contributed by atoms with Gasteiger partial charge in [-0.25, -0.2) is 4.79 Å². The first-order valence-corrected chi connectivity index (χ1v) is 12.7. The van der Waals surface area contributed by atoms with Crippen LogP contribution in [0.2, 0.25) is 0 Å². The van der Waals surface area contributed by atoms with E-state index in [2.05, 4.69) is 10.6 Å². The van der Waals surface area contributed by atoms with Crippen LogP contribution in [0.25, 0.3) is 0 Å². The van der Waals surface area contributed by atoms with E-state index in [9.17, 15) is 24.0 Å². The smallest absolute Gasteiger partial charge is 0.344 e. The molecule has 0 aliphatic carbocycles. The van der Waals surface area contributed by atoms with Crippen LogP contribution in [-0.4, -0.2) is 84.0 Å². The number of nitrogens with zero attached hydrogens (tertiary/aromatic N) is 2. The summed E-state index contributed by atoms with van der Waals surface area (Å²) in [6, 6.07) is 3.00. The number of halogens is 1. The fourth-order valence-electron chi connectivity index (χ4n) is 3.99. The van der Waals surface area contributed by atoms with Crippen LogP contribution in [0, 0.1) is 15.4 Å². The molecule has 15 heteroatoms. The molecule has 2 heterocycles. The van der Waals surface area contributed by atoms with Gasteiger partial charge in [-0.3, -0.25) is 29.0 Å². The maximum Gasteiger partial charge on any atom is 0.344 e. The Kier molecular flexibility index (Phi) is 9.01. The Balaban J connectivity index is 2.15. The van der Waals surface area contributed by atoms with E-state index in [-0.39, 0.29) is 40.5 Å². The van der Waals surface area contributed by atoms with Crippen LogP contribution in [0.3, 0.4) is 0 Å². The quantitative estimate of drug-likeness (QED) is 0.173. The third kappa shape index (κ3) is 5.67. The molecule has 3 rings (SSSR count). The molecule has 0 radical (unpaired) electrons. The lowest BCUT2D eigenvalue weighted by atomic mass is 9.73. The van der Waals surface area contributed by atoms with Gasteiger partial charge in [0.05, 0.1) is 17.3 Å². The van der Waals surface area contributed by atoms with Gasteiger partial charge in [-0.2, -0.15) is 0 Å². The molecule has 3 atom stereocenters. The van der Waals surface area contributed by atoms with Crippen molar-refractivity contribution in [3.8, 4) is 11.5 Å². The van der Waals surface area contributed by atoms with Crippen LogP contribution in [-0.2, 0) is 28.7 Å². The summed E-state index contributed by atoms with van der Waals surface area (Å²) in [7, 11) is 4.13. The van der Waals surface area contributed by atoms with Gasteiger partial charge in [0, 0.05) is 20.0 Å². The van der Waals surface area contributed by atoms with Crippen molar-refractivity contribution in [2.45, 2.75) is 12.8 Å². The molecule has 2 saturated heterocycles. The van der Waals surface area contributed by atoms with Crippen molar-refractivity contribution in [1.29, 1.82) is 0 Å². The Morgan fingerprint density at radius 3 is 2.00 bits per heavy atom. The zero-order valence-corrected chi connectivity index (χ0v) is 23.9. The highest BCUT2D eigenvalue weighted by atomic mass is 127. The molecule has 2 aliphatic heterocycles. The summed E-state index contributed by atoms with van der Waals surface area (Å²) in [5.74, 6) is -7.36. The zero-order chi connectivity index (χ0) is 27.6. The summed E-state index contributed by atoms with van der Waals surface area (Å²) in [5, 5.41) is 4.71. The van der Waals surface area contributed by atoms with Crippen LogP contribution < -0.4 is 20.1 Å². The summed E-state index contributed by atoms with van der Waals surface area (Å²) in [6.45, 7) is 1.46. The van der Waals surface area contributed by atoms with Gasteiger partial charge in [0.2, 0.25) is 23.6 Å². The van der Waals surface area contributed by atoms with Crippen molar-refractivity contribution in [3.63, 3.8) is 0 Å². The SMILES string of the molecule is CCOC(=O)COc1c(I)cc(C([C@@H]2C(=O)NC(=S)N(C)C2=O)[C@H]2C(=O)NC(=S)N(C)C2=O)cc1OC. The lowest BCUT2D eigenvalue weighted by Gasteiger charge is -2.39. The molecule has 2 N–H and O–H groups in total. The molecule has 0 aromatic heterocycles. The number of thiocarbonyl (C=S) groups is 2. The lowest BCUT2D eigenvalue weighted by molar-refractivity contribution is -0.147. The number of hydrogen-bond acceptors (Lipinski definition) is 10. The van der Waals surface area contributed by atoms with Crippen molar-refractivity contribution in [2.75, 3.05) is 34.4 Å². The second-order valence-corrected chi connectivity index (χ2v) is 9.93. The molecule has 0 spiro atoms. The number of benzene rings is 1. The van der Waals surface area contributed by atoms with Crippen molar-refractivity contribution < 1.29 is 38.2 Å². The van der Waals surface area contributed by atoms with Crippen molar-refractivity contribution in [2.24, 2.45) is 11.8 Å². The van der Waals surface area contributed by atoms with Gasteiger partial charge >= 0.3 is 5.97 Å². The number of carbonyl (C=O) groups excluding carboxylic acids is 5. The maximum atomic E-state index is 13.3. The fraction of sp³-hybridized carbons (Fsp3) is 0.409. The highest BCUT2D eigenvalue weighted by Crippen LogP contribution is 2.43. The van der Waals surface area contributed by atoms with E-state index >= 15 is 0 Å². The van der Waals surface area contributed by atoms with Gasteiger partial charge in [0.15, 0.2) is 28.3 Å². The number of methoxy groups -OCH3 is 1. The van der Waals surface area contributed by atoms with Gasteiger partial charge in [-0.1, -0.05) is 0 Å². The monoisotopic (exact) mass is 662 g/mol. The Morgan fingerprint density at radius 2 is 1.54 bits per heavy atom. The maximum absolute atomic E-state index is 13.3. The number of rotatable bonds is 8. The first kappa shape index (κ1) is 28.6. The third-order valence-corrected chi connectivity index (χ3v) is 7.38. The molecule has 12 nitrogen and oxygen atoms in total. The number of ether oxygens (including phenoxy) is 3. The lowest BCUT2D eigenvalue weighted by Crippen LogP contribution is -2.62. The molecule has 37 heavy (non-hydrogen) atoms. The Bertz CT molecular complexity index is 1160. The first-order valence-electron chi connectivity index (χ1n) is 10.8. The fourth-order valence-corrected chi connectivity index (χ4v) is 5.15. The van der Waals surface area contributed by atoms with Crippen molar-refractivity contribution in [3.05, 3.63) is 21.3 Å². The van der Waals surface area contributed by atoms with E-state index in [1.54, 1.807) is 13.0 Å². The van der Waals surface area contributed by atoms with Gasteiger partial charge in [-0.15, -0.1) is 0 Å². The van der Waals surface area contributed by atoms with Crippen LogP contribution in [0.1, 0.15) is 18.4 Å². The van der Waals surface area contributed by atoms with Gasteiger partial charge < -0.3 is 24.8 Å². The molecule has 0 saturated carbocycles. The number of esters is 1. The van der Waals surface area contributed by atoms with Gasteiger partial charge in [-0.05, 0) is 71.6 Å². The topological polar surface area (TPSA) is 144 Å². The number of nitrogens with one attached hydrogen (secondary N) is 2. The summed E-state index contributed by atoms with van der Waals surface area (Å²) >= 11 is 12.0. The highest BCUT2D eigenvalue weighted by Gasteiger charge is 2.52. The number of hydrogen-bond donors (Lipinski definition) is 2. The summed E-state index contributed by atoms with van der Waals surface area (Å²) in [4.78, 5) is 66.7. The zero-order valence-electron chi connectivity index (χ0n) is 20.2. The van der Waals surface area contributed by atoms with Crippen molar-refractivity contribution in [1.82, 2.24) is 20.4 Å². The second kappa shape index (κ2) is 11.6. The first-order chi connectivity index (χ1) is 17.4. The highest BCUT2D eigenvalue weighted by molar-refractivity contribution is 14.1. The molecule has 0 bridgehead atoms. The number of carbonyl (C=O) groups is 5. The largest absolute Gasteiger partial charge is 0.493 e. The Hall–Kier alpha value is -2.92. The predicted molar refractivity (Wildman–Crippen MR) is 145 cm³/mol.